The lowest BCUT2D eigenvalue weighted by atomic mass is 10.1. The minimum atomic E-state index is -4.23. The summed E-state index contributed by atoms with van der Waals surface area (Å²) in [5.41, 5.74) is 0. The van der Waals surface area contributed by atoms with E-state index in [4.69, 9.17) is 4.55 Å². The fourth-order valence-electron chi connectivity index (χ4n) is 2.08. The number of unbranched alkanes of at least 4 members (excludes halogenated alkanes) is 9. The molecule has 0 aromatic carbocycles. The lowest BCUT2D eigenvalue weighted by molar-refractivity contribution is 0.261. The Bertz CT molecular complexity index is 353. The minimum absolute atomic E-state index is 0.0926. The summed E-state index contributed by atoms with van der Waals surface area (Å²) >= 11 is 0. The van der Waals surface area contributed by atoms with Gasteiger partial charge < -0.3 is 5.32 Å². The second-order valence-electron chi connectivity index (χ2n) is 5.42. The van der Waals surface area contributed by atoms with E-state index in [0.29, 0.717) is 6.42 Å². The summed E-state index contributed by atoms with van der Waals surface area (Å²) in [5, 5.41) is 2.93. The SMILES string of the molecule is C1=NCCN1.CCCCCCCCCCCCOS(=O)(=O)O. The van der Waals surface area contributed by atoms with Crippen molar-refractivity contribution in [2.75, 3.05) is 19.7 Å². The van der Waals surface area contributed by atoms with Gasteiger partial charge in [0.05, 0.1) is 19.5 Å². The van der Waals surface area contributed by atoms with Crippen LogP contribution in [0.5, 0.6) is 0 Å². The molecule has 0 atom stereocenters. The van der Waals surface area contributed by atoms with Gasteiger partial charge in [-0.2, -0.15) is 8.42 Å². The van der Waals surface area contributed by atoms with Crippen LogP contribution in [-0.4, -0.2) is 39.0 Å². The topological polar surface area (TPSA) is 88.0 Å². The van der Waals surface area contributed by atoms with Gasteiger partial charge in [0, 0.05) is 6.54 Å². The van der Waals surface area contributed by atoms with Crippen molar-refractivity contribution in [1.29, 1.82) is 0 Å². The van der Waals surface area contributed by atoms with E-state index in [0.717, 1.165) is 25.9 Å². The molecule has 1 aliphatic heterocycles. The average Bonchev–Trinajstić information content (AvgIpc) is 3.03. The molecule has 2 N–H and O–H groups in total. The molecule has 0 spiro atoms. The van der Waals surface area contributed by atoms with Crippen LogP contribution in [0.1, 0.15) is 71.1 Å². The van der Waals surface area contributed by atoms with Crippen LogP contribution in [0.3, 0.4) is 0 Å². The van der Waals surface area contributed by atoms with E-state index in [2.05, 4.69) is 21.4 Å². The third-order valence-corrected chi connectivity index (χ3v) is 3.76. The zero-order valence-electron chi connectivity index (χ0n) is 13.8. The predicted molar refractivity (Wildman–Crippen MR) is 90.7 cm³/mol. The number of aliphatic imine (C=N–C) groups is 1. The van der Waals surface area contributed by atoms with Crippen LogP contribution in [0, 0.1) is 0 Å². The van der Waals surface area contributed by atoms with Crippen molar-refractivity contribution >= 4 is 16.7 Å². The maximum absolute atomic E-state index is 10.2. The molecule has 0 amide bonds. The van der Waals surface area contributed by atoms with Crippen molar-refractivity contribution in [3.05, 3.63) is 0 Å². The first-order valence-corrected chi connectivity index (χ1v) is 9.76. The van der Waals surface area contributed by atoms with Crippen LogP contribution in [0.4, 0.5) is 0 Å². The van der Waals surface area contributed by atoms with Crippen LogP contribution in [0.2, 0.25) is 0 Å². The summed E-state index contributed by atoms with van der Waals surface area (Å²) in [6.07, 6.45) is 13.6. The monoisotopic (exact) mass is 336 g/mol. The Hall–Kier alpha value is -0.660. The summed E-state index contributed by atoms with van der Waals surface area (Å²) in [6.45, 7) is 4.30. The molecule has 0 saturated heterocycles. The molecule has 0 aliphatic carbocycles. The van der Waals surface area contributed by atoms with Crippen molar-refractivity contribution in [2.24, 2.45) is 4.99 Å². The van der Waals surface area contributed by atoms with Crippen LogP contribution < -0.4 is 5.32 Å². The van der Waals surface area contributed by atoms with E-state index in [1.807, 2.05) is 0 Å². The first-order valence-electron chi connectivity index (χ1n) is 8.40. The summed E-state index contributed by atoms with van der Waals surface area (Å²) in [5.74, 6) is 0. The first kappa shape index (κ1) is 21.3. The number of hydrogen-bond donors (Lipinski definition) is 2. The Morgan fingerprint density at radius 3 is 1.95 bits per heavy atom. The number of nitrogens with one attached hydrogen (secondary N) is 1. The van der Waals surface area contributed by atoms with Crippen molar-refractivity contribution in [3.63, 3.8) is 0 Å². The van der Waals surface area contributed by atoms with Crippen molar-refractivity contribution in [2.45, 2.75) is 71.1 Å². The quantitative estimate of drug-likeness (QED) is 0.421. The molecular formula is C15H32N2O4S. The third-order valence-electron chi connectivity index (χ3n) is 3.30. The Kier molecular flexibility index (Phi) is 14.8. The van der Waals surface area contributed by atoms with Crippen LogP contribution in [0.25, 0.3) is 0 Å². The molecule has 0 saturated carbocycles. The van der Waals surface area contributed by atoms with Gasteiger partial charge in [-0.1, -0.05) is 64.7 Å². The highest BCUT2D eigenvalue weighted by Crippen LogP contribution is 2.10. The number of rotatable bonds is 12. The van der Waals surface area contributed by atoms with E-state index in [9.17, 15) is 8.42 Å². The highest BCUT2D eigenvalue weighted by Gasteiger charge is 2.02. The van der Waals surface area contributed by atoms with Gasteiger partial charge in [0.25, 0.3) is 0 Å². The van der Waals surface area contributed by atoms with Gasteiger partial charge in [0.15, 0.2) is 0 Å². The van der Waals surface area contributed by atoms with Gasteiger partial charge in [-0.25, -0.2) is 4.18 Å². The Balaban J connectivity index is 0.000000734. The lowest BCUT2D eigenvalue weighted by Gasteiger charge is -2.02. The molecule has 0 unspecified atom stereocenters. The van der Waals surface area contributed by atoms with E-state index < -0.39 is 10.4 Å². The third kappa shape index (κ3) is 19.3. The van der Waals surface area contributed by atoms with E-state index in [1.54, 1.807) is 6.34 Å². The Labute approximate surface area is 135 Å². The normalized spacial score (nSPS) is 13.5. The molecule has 132 valence electrons. The lowest BCUT2D eigenvalue weighted by Crippen LogP contribution is -2.04. The van der Waals surface area contributed by atoms with Crippen LogP contribution in [-0.2, 0) is 14.6 Å². The molecule has 1 rings (SSSR count). The smallest absolute Gasteiger partial charge is 0.375 e. The molecular weight excluding hydrogens is 304 g/mol. The molecule has 0 aromatic heterocycles. The highest BCUT2D eigenvalue weighted by atomic mass is 32.3. The molecule has 1 aliphatic rings. The molecule has 7 heteroatoms. The van der Waals surface area contributed by atoms with Gasteiger partial charge in [-0.05, 0) is 6.42 Å². The first-order chi connectivity index (χ1) is 10.6. The minimum Gasteiger partial charge on any atom is -0.375 e. The molecule has 6 nitrogen and oxygen atoms in total. The standard InChI is InChI=1S/C12H26O4S.C3H6N2/c1-2-3-4-5-6-7-8-9-10-11-12-16-17(13,14)15;1-2-5-3-4-1/h2-12H2,1H3,(H,13,14,15);3H,1-2H2,(H,4,5). The predicted octanol–water partition coefficient (Wildman–Crippen LogP) is 3.34. The Morgan fingerprint density at radius 2 is 1.59 bits per heavy atom. The molecule has 0 fully saturated rings. The van der Waals surface area contributed by atoms with E-state index >= 15 is 0 Å². The van der Waals surface area contributed by atoms with Gasteiger partial charge >= 0.3 is 10.4 Å². The molecule has 22 heavy (non-hydrogen) atoms. The maximum Gasteiger partial charge on any atom is 0.397 e. The summed E-state index contributed by atoms with van der Waals surface area (Å²) < 4.78 is 33.0. The van der Waals surface area contributed by atoms with Crippen molar-refractivity contribution < 1.29 is 17.2 Å². The number of nitrogens with zero attached hydrogens (tertiary/aromatic N) is 1. The molecule has 0 bridgehead atoms. The second kappa shape index (κ2) is 15.2. The van der Waals surface area contributed by atoms with Crippen LogP contribution in [0.15, 0.2) is 4.99 Å². The molecule has 1 heterocycles. The van der Waals surface area contributed by atoms with Gasteiger partial charge in [0.2, 0.25) is 0 Å². The second-order valence-corrected chi connectivity index (χ2v) is 6.51. The average molecular weight is 336 g/mol. The van der Waals surface area contributed by atoms with E-state index in [-0.39, 0.29) is 6.61 Å². The van der Waals surface area contributed by atoms with Crippen LogP contribution >= 0.6 is 0 Å². The zero-order valence-corrected chi connectivity index (χ0v) is 14.6. The van der Waals surface area contributed by atoms with E-state index in [1.165, 1.54) is 44.9 Å². The van der Waals surface area contributed by atoms with Gasteiger partial charge in [0.1, 0.15) is 0 Å². The molecule has 0 aromatic rings. The maximum atomic E-state index is 10.2. The highest BCUT2D eigenvalue weighted by molar-refractivity contribution is 7.80. The van der Waals surface area contributed by atoms with Gasteiger partial charge in [-0.15, -0.1) is 0 Å². The van der Waals surface area contributed by atoms with Crippen molar-refractivity contribution in [3.8, 4) is 0 Å². The molecule has 0 radical (unpaired) electrons. The summed E-state index contributed by atoms with van der Waals surface area (Å²) in [6, 6.07) is 0. The Morgan fingerprint density at radius 1 is 1.05 bits per heavy atom. The summed E-state index contributed by atoms with van der Waals surface area (Å²) in [4.78, 5) is 3.85. The fourth-order valence-corrected chi connectivity index (χ4v) is 2.40. The zero-order chi connectivity index (χ0) is 16.5. The summed E-state index contributed by atoms with van der Waals surface area (Å²) in [7, 11) is -4.23. The number of hydrogen-bond acceptors (Lipinski definition) is 5. The fraction of sp³-hybridized carbons (Fsp3) is 0.933. The van der Waals surface area contributed by atoms with Gasteiger partial charge in [-0.3, -0.25) is 9.55 Å². The van der Waals surface area contributed by atoms with Crippen molar-refractivity contribution in [1.82, 2.24) is 5.32 Å². The largest absolute Gasteiger partial charge is 0.397 e.